The summed E-state index contributed by atoms with van der Waals surface area (Å²) in [4.78, 5) is 36.5. The van der Waals surface area contributed by atoms with Crippen molar-refractivity contribution >= 4 is 29.0 Å². The van der Waals surface area contributed by atoms with E-state index in [0.717, 1.165) is 68.5 Å². The van der Waals surface area contributed by atoms with Crippen LogP contribution in [0.5, 0.6) is 0 Å². The molecule has 0 aromatic carbocycles. The molecule has 2 aromatic heterocycles. The molecule has 0 radical (unpaired) electrons. The van der Waals surface area contributed by atoms with Gasteiger partial charge in [-0.05, 0) is 57.9 Å². The van der Waals surface area contributed by atoms with Crippen molar-refractivity contribution in [2.24, 2.45) is 0 Å². The zero-order chi connectivity index (χ0) is 27.1. The van der Waals surface area contributed by atoms with Crippen LogP contribution < -0.4 is 10.6 Å². The van der Waals surface area contributed by atoms with Crippen molar-refractivity contribution in [2.75, 3.05) is 18.4 Å². The molecule has 1 saturated heterocycles. The summed E-state index contributed by atoms with van der Waals surface area (Å²) < 4.78 is 42.9. The Morgan fingerprint density at radius 1 is 1.18 bits per heavy atom. The zero-order valence-corrected chi connectivity index (χ0v) is 22.1. The van der Waals surface area contributed by atoms with Gasteiger partial charge < -0.3 is 20.6 Å². The third-order valence-corrected chi connectivity index (χ3v) is 8.95. The number of pyridine rings is 1. The number of anilines is 1. The monoisotopic (exact) mass is 551 g/mol. The van der Waals surface area contributed by atoms with E-state index in [2.05, 4.69) is 20.6 Å². The Balaban J connectivity index is 1.52. The van der Waals surface area contributed by atoms with Crippen LogP contribution in [0.25, 0.3) is 10.4 Å². The quantitative estimate of drug-likeness (QED) is 0.454. The van der Waals surface area contributed by atoms with Crippen molar-refractivity contribution in [3.8, 4) is 10.4 Å². The number of amides is 2. The van der Waals surface area contributed by atoms with Crippen LogP contribution in [-0.4, -0.2) is 62.6 Å². The second kappa shape index (κ2) is 10.4. The van der Waals surface area contributed by atoms with E-state index in [0.29, 0.717) is 19.4 Å². The van der Waals surface area contributed by atoms with Crippen molar-refractivity contribution in [3.63, 3.8) is 0 Å². The summed E-state index contributed by atoms with van der Waals surface area (Å²) in [6.07, 6.45) is 3.75. The standard InChI is InChI=1S/C26H32F3N5O3S/c1-15-6-4-11-34(15)24(36)20-21(38-23(33-20)22(35)31-14-25(37)9-5-10-25)17-13-30-19(12-18(17)26(27,28)29)32-16-7-2-3-8-16/h12-13,15-16,37H,2-11,14H2,1H3,(H,30,32)(H,31,35)/t15-/m0/s1. The number of aliphatic hydroxyl groups is 1. The number of alkyl halides is 3. The molecular formula is C26H32F3N5O3S. The van der Waals surface area contributed by atoms with Gasteiger partial charge in [-0.25, -0.2) is 9.97 Å². The summed E-state index contributed by atoms with van der Waals surface area (Å²) in [6.45, 7) is 2.38. The Morgan fingerprint density at radius 2 is 1.92 bits per heavy atom. The minimum atomic E-state index is -4.72. The fourth-order valence-corrected chi connectivity index (χ4v) is 6.42. The van der Waals surface area contributed by atoms with E-state index in [9.17, 15) is 27.9 Å². The third kappa shape index (κ3) is 5.51. The van der Waals surface area contributed by atoms with Crippen molar-refractivity contribution in [3.05, 3.63) is 28.5 Å². The average molecular weight is 552 g/mol. The number of nitrogens with zero attached hydrogens (tertiary/aromatic N) is 3. The summed E-state index contributed by atoms with van der Waals surface area (Å²) in [5.74, 6) is -1.00. The van der Waals surface area contributed by atoms with Gasteiger partial charge in [0.25, 0.3) is 11.8 Å². The fourth-order valence-electron chi connectivity index (χ4n) is 5.43. The molecule has 2 amide bonds. The summed E-state index contributed by atoms with van der Waals surface area (Å²) >= 11 is 0.742. The van der Waals surface area contributed by atoms with Gasteiger partial charge in [-0.2, -0.15) is 13.2 Å². The van der Waals surface area contributed by atoms with Gasteiger partial charge in [0, 0.05) is 36.9 Å². The van der Waals surface area contributed by atoms with Gasteiger partial charge in [-0.1, -0.05) is 12.8 Å². The molecule has 8 nitrogen and oxygen atoms in total. The molecule has 3 heterocycles. The Kier molecular flexibility index (Phi) is 7.38. The minimum absolute atomic E-state index is 0.0179. The number of carbonyl (C=O) groups excluding carboxylic acids is 2. The number of rotatable bonds is 7. The number of likely N-dealkylation sites (tertiary alicyclic amines) is 1. The van der Waals surface area contributed by atoms with E-state index < -0.39 is 29.2 Å². The lowest BCUT2D eigenvalue weighted by Gasteiger charge is -2.36. The number of thiazole rings is 1. The number of hydrogen-bond donors (Lipinski definition) is 3. The number of hydrogen-bond acceptors (Lipinski definition) is 7. The second-order valence-corrected chi connectivity index (χ2v) is 11.7. The van der Waals surface area contributed by atoms with Crippen LogP contribution in [0.15, 0.2) is 12.3 Å². The van der Waals surface area contributed by atoms with Crippen molar-refractivity contribution in [2.45, 2.75) is 88.6 Å². The van der Waals surface area contributed by atoms with Crippen LogP contribution in [0, 0.1) is 0 Å². The molecule has 206 valence electrons. The lowest BCUT2D eigenvalue weighted by molar-refractivity contribution is -0.137. The van der Waals surface area contributed by atoms with E-state index in [1.54, 1.807) is 4.90 Å². The molecule has 0 unspecified atom stereocenters. The Morgan fingerprint density at radius 3 is 2.53 bits per heavy atom. The summed E-state index contributed by atoms with van der Waals surface area (Å²) in [5, 5.41) is 15.9. The first-order chi connectivity index (χ1) is 18.0. The maximum absolute atomic E-state index is 14.3. The molecule has 0 spiro atoms. The summed E-state index contributed by atoms with van der Waals surface area (Å²) in [5.41, 5.74) is -2.37. The van der Waals surface area contributed by atoms with Crippen LogP contribution in [0.2, 0.25) is 0 Å². The van der Waals surface area contributed by atoms with Crippen LogP contribution >= 0.6 is 11.3 Å². The SMILES string of the molecule is C[C@H]1CCCN1C(=O)c1nc(C(=O)NCC2(O)CCC2)sc1-c1cnc(NC2CCCC2)cc1C(F)(F)F. The molecule has 12 heteroatoms. The number of nitrogens with one attached hydrogen (secondary N) is 2. The first kappa shape index (κ1) is 26.9. The molecule has 2 saturated carbocycles. The highest BCUT2D eigenvalue weighted by Crippen LogP contribution is 2.42. The van der Waals surface area contributed by atoms with Gasteiger partial charge >= 0.3 is 6.18 Å². The second-order valence-electron chi connectivity index (χ2n) is 10.7. The molecule has 0 bridgehead atoms. The van der Waals surface area contributed by atoms with Crippen molar-refractivity contribution in [1.29, 1.82) is 0 Å². The van der Waals surface area contributed by atoms with E-state index in [1.807, 2.05) is 6.92 Å². The molecule has 3 fully saturated rings. The summed E-state index contributed by atoms with van der Waals surface area (Å²) in [7, 11) is 0. The zero-order valence-electron chi connectivity index (χ0n) is 21.2. The van der Waals surface area contributed by atoms with Crippen LogP contribution in [0.4, 0.5) is 19.0 Å². The maximum atomic E-state index is 14.3. The van der Waals surface area contributed by atoms with E-state index in [1.165, 1.54) is 0 Å². The number of aromatic nitrogens is 2. The molecule has 38 heavy (non-hydrogen) atoms. The Labute approximate surface area is 223 Å². The van der Waals surface area contributed by atoms with Gasteiger partial charge in [-0.15, -0.1) is 11.3 Å². The minimum Gasteiger partial charge on any atom is -0.388 e. The molecule has 5 rings (SSSR count). The number of halogens is 3. The molecule has 1 atom stereocenters. The van der Waals surface area contributed by atoms with Gasteiger partial charge in [0.1, 0.15) is 11.5 Å². The fraction of sp³-hybridized carbons (Fsp3) is 0.615. The largest absolute Gasteiger partial charge is 0.417 e. The van der Waals surface area contributed by atoms with Crippen LogP contribution in [-0.2, 0) is 6.18 Å². The predicted molar refractivity (Wildman–Crippen MR) is 137 cm³/mol. The average Bonchev–Trinajstić information content (AvgIpc) is 3.61. The highest BCUT2D eigenvalue weighted by Gasteiger charge is 2.39. The third-order valence-electron chi connectivity index (χ3n) is 7.86. The topological polar surface area (TPSA) is 107 Å². The van der Waals surface area contributed by atoms with Crippen LogP contribution in [0.3, 0.4) is 0 Å². The Hall–Kier alpha value is -2.73. The van der Waals surface area contributed by atoms with Crippen LogP contribution in [0.1, 0.15) is 90.6 Å². The van der Waals surface area contributed by atoms with Crippen molar-refractivity contribution in [1.82, 2.24) is 20.2 Å². The first-order valence-electron chi connectivity index (χ1n) is 13.2. The molecule has 1 aliphatic heterocycles. The summed E-state index contributed by atoms with van der Waals surface area (Å²) in [6, 6.07) is 0.971. The van der Waals surface area contributed by atoms with Gasteiger partial charge in [-0.3, -0.25) is 9.59 Å². The van der Waals surface area contributed by atoms with Gasteiger partial charge in [0.05, 0.1) is 16.0 Å². The molecule has 2 aromatic rings. The molecule has 3 aliphatic rings. The lowest BCUT2D eigenvalue weighted by Crippen LogP contribution is -2.47. The van der Waals surface area contributed by atoms with E-state index in [-0.39, 0.29) is 45.6 Å². The molecular weight excluding hydrogens is 519 g/mol. The van der Waals surface area contributed by atoms with Crippen molar-refractivity contribution < 1.29 is 27.9 Å². The molecule has 2 aliphatic carbocycles. The van der Waals surface area contributed by atoms with Gasteiger partial charge in [0.2, 0.25) is 0 Å². The number of carbonyl (C=O) groups is 2. The lowest BCUT2D eigenvalue weighted by atomic mass is 9.80. The Bertz CT molecular complexity index is 1210. The van der Waals surface area contributed by atoms with E-state index >= 15 is 0 Å². The highest BCUT2D eigenvalue weighted by atomic mass is 32.1. The smallest absolute Gasteiger partial charge is 0.388 e. The normalized spacial score (nSPS) is 21.4. The highest BCUT2D eigenvalue weighted by molar-refractivity contribution is 7.17. The van der Waals surface area contributed by atoms with E-state index in [4.69, 9.17) is 0 Å². The maximum Gasteiger partial charge on any atom is 0.417 e. The van der Waals surface area contributed by atoms with Gasteiger partial charge in [0.15, 0.2) is 5.01 Å². The molecule has 3 N–H and O–H groups in total. The predicted octanol–water partition coefficient (Wildman–Crippen LogP) is 4.85. The first-order valence-corrected chi connectivity index (χ1v) is 14.0.